The van der Waals surface area contributed by atoms with E-state index in [9.17, 15) is 4.79 Å². The van der Waals surface area contributed by atoms with E-state index in [-0.39, 0.29) is 6.10 Å². The minimum Gasteiger partial charge on any atom is -0.480 e. The SMILES string of the molecule is NC1(C(=O)O)CCN(CC2CCCO2)C1. The Hall–Kier alpha value is -0.650. The molecule has 2 heterocycles. The lowest BCUT2D eigenvalue weighted by Crippen LogP contribution is -2.50. The van der Waals surface area contributed by atoms with Crippen molar-refractivity contribution in [2.45, 2.75) is 30.9 Å². The van der Waals surface area contributed by atoms with E-state index in [0.29, 0.717) is 13.0 Å². The van der Waals surface area contributed by atoms with Crippen LogP contribution in [-0.2, 0) is 9.53 Å². The summed E-state index contributed by atoms with van der Waals surface area (Å²) in [5, 5.41) is 8.97. The summed E-state index contributed by atoms with van der Waals surface area (Å²) in [6.45, 7) is 2.88. The van der Waals surface area contributed by atoms with E-state index in [1.54, 1.807) is 0 Å². The summed E-state index contributed by atoms with van der Waals surface area (Å²) < 4.78 is 5.51. The Morgan fingerprint density at radius 2 is 2.47 bits per heavy atom. The number of nitrogens with two attached hydrogens (primary N) is 1. The standard InChI is InChI=1S/C10H18N2O3/c11-10(9(13)14)3-4-12(7-10)6-8-2-1-5-15-8/h8H,1-7,11H2,(H,13,14). The number of hydrogen-bond acceptors (Lipinski definition) is 4. The van der Waals surface area contributed by atoms with Crippen molar-refractivity contribution in [1.82, 2.24) is 4.90 Å². The molecule has 2 fully saturated rings. The van der Waals surface area contributed by atoms with Gasteiger partial charge in [0.05, 0.1) is 6.10 Å². The van der Waals surface area contributed by atoms with Gasteiger partial charge in [0.15, 0.2) is 0 Å². The van der Waals surface area contributed by atoms with Crippen molar-refractivity contribution >= 4 is 5.97 Å². The zero-order valence-corrected chi connectivity index (χ0v) is 8.82. The number of ether oxygens (including phenoxy) is 1. The Morgan fingerprint density at radius 1 is 1.67 bits per heavy atom. The molecule has 15 heavy (non-hydrogen) atoms. The second-order valence-corrected chi connectivity index (χ2v) is 4.58. The van der Waals surface area contributed by atoms with Gasteiger partial charge in [-0.05, 0) is 19.3 Å². The van der Waals surface area contributed by atoms with Crippen LogP contribution in [0.4, 0.5) is 0 Å². The van der Waals surface area contributed by atoms with Gasteiger partial charge in [-0.25, -0.2) is 0 Å². The molecule has 2 rings (SSSR count). The quantitative estimate of drug-likeness (QED) is 0.672. The van der Waals surface area contributed by atoms with Crippen LogP contribution in [0.25, 0.3) is 0 Å². The van der Waals surface area contributed by atoms with E-state index in [2.05, 4.69) is 4.90 Å². The van der Waals surface area contributed by atoms with Crippen molar-refractivity contribution in [3.63, 3.8) is 0 Å². The summed E-state index contributed by atoms with van der Waals surface area (Å²) >= 11 is 0. The van der Waals surface area contributed by atoms with Crippen molar-refractivity contribution in [3.05, 3.63) is 0 Å². The van der Waals surface area contributed by atoms with Crippen LogP contribution in [0.1, 0.15) is 19.3 Å². The van der Waals surface area contributed by atoms with Crippen molar-refractivity contribution in [2.75, 3.05) is 26.2 Å². The zero-order valence-electron chi connectivity index (χ0n) is 8.82. The number of carboxylic acid groups (broad SMARTS) is 1. The molecule has 0 spiro atoms. The van der Waals surface area contributed by atoms with Gasteiger partial charge in [-0.1, -0.05) is 0 Å². The largest absolute Gasteiger partial charge is 0.480 e. The van der Waals surface area contributed by atoms with Gasteiger partial charge in [0.1, 0.15) is 5.54 Å². The molecule has 0 saturated carbocycles. The third-order valence-corrected chi connectivity index (χ3v) is 3.29. The summed E-state index contributed by atoms with van der Waals surface area (Å²) in [4.78, 5) is 13.0. The van der Waals surface area contributed by atoms with E-state index in [4.69, 9.17) is 15.6 Å². The molecule has 5 nitrogen and oxygen atoms in total. The molecule has 0 bridgehead atoms. The number of rotatable bonds is 3. The summed E-state index contributed by atoms with van der Waals surface area (Å²) in [5.41, 5.74) is 4.74. The molecular weight excluding hydrogens is 196 g/mol. The molecule has 0 amide bonds. The molecular formula is C10H18N2O3. The lowest BCUT2D eigenvalue weighted by Gasteiger charge is -2.22. The van der Waals surface area contributed by atoms with E-state index >= 15 is 0 Å². The Labute approximate surface area is 89.2 Å². The van der Waals surface area contributed by atoms with Crippen LogP contribution < -0.4 is 5.73 Å². The van der Waals surface area contributed by atoms with Crippen LogP contribution >= 0.6 is 0 Å². The molecule has 2 aliphatic rings. The van der Waals surface area contributed by atoms with Gasteiger partial charge in [0.25, 0.3) is 0 Å². The van der Waals surface area contributed by atoms with E-state index < -0.39 is 11.5 Å². The molecule has 2 aliphatic heterocycles. The van der Waals surface area contributed by atoms with Crippen molar-refractivity contribution < 1.29 is 14.6 Å². The second-order valence-electron chi connectivity index (χ2n) is 4.58. The molecule has 0 aliphatic carbocycles. The topological polar surface area (TPSA) is 75.8 Å². The summed E-state index contributed by atoms with van der Waals surface area (Å²) in [5.74, 6) is -0.891. The van der Waals surface area contributed by atoms with Crippen LogP contribution in [-0.4, -0.2) is 53.9 Å². The van der Waals surface area contributed by atoms with E-state index in [1.807, 2.05) is 0 Å². The Bertz CT molecular complexity index is 253. The highest BCUT2D eigenvalue weighted by Crippen LogP contribution is 2.21. The summed E-state index contributed by atoms with van der Waals surface area (Å²) in [7, 11) is 0. The van der Waals surface area contributed by atoms with Gasteiger partial charge >= 0.3 is 5.97 Å². The van der Waals surface area contributed by atoms with Gasteiger partial charge in [0, 0.05) is 26.2 Å². The third kappa shape index (κ3) is 2.30. The minimum absolute atomic E-state index is 0.279. The van der Waals surface area contributed by atoms with Gasteiger partial charge < -0.3 is 15.6 Å². The fraction of sp³-hybridized carbons (Fsp3) is 0.900. The molecule has 5 heteroatoms. The van der Waals surface area contributed by atoms with Crippen LogP contribution in [0.15, 0.2) is 0 Å². The molecule has 86 valence electrons. The first kappa shape index (κ1) is 10.9. The van der Waals surface area contributed by atoms with Crippen molar-refractivity contribution in [1.29, 1.82) is 0 Å². The van der Waals surface area contributed by atoms with Gasteiger partial charge in [-0.2, -0.15) is 0 Å². The molecule has 0 aromatic rings. The second kappa shape index (κ2) is 4.08. The predicted molar refractivity (Wildman–Crippen MR) is 54.6 cm³/mol. The van der Waals surface area contributed by atoms with Gasteiger partial charge in [-0.15, -0.1) is 0 Å². The maximum Gasteiger partial charge on any atom is 0.325 e. The normalized spacial score (nSPS) is 37.3. The highest BCUT2D eigenvalue weighted by molar-refractivity contribution is 5.79. The molecule has 2 atom stereocenters. The molecule has 0 aromatic heterocycles. The third-order valence-electron chi connectivity index (χ3n) is 3.29. The van der Waals surface area contributed by atoms with Crippen LogP contribution in [0, 0.1) is 0 Å². The molecule has 2 saturated heterocycles. The number of hydrogen-bond donors (Lipinski definition) is 2. The van der Waals surface area contributed by atoms with Crippen molar-refractivity contribution in [2.24, 2.45) is 5.73 Å². The van der Waals surface area contributed by atoms with E-state index in [0.717, 1.165) is 32.5 Å². The summed E-state index contributed by atoms with van der Waals surface area (Å²) in [6.07, 6.45) is 3.02. The maximum absolute atomic E-state index is 10.9. The number of aliphatic carboxylic acids is 1. The highest BCUT2D eigenvalue weighted by atomic mass is 16.5. The van der Waals surface area contributed by atoms with E-state index in [1.165, 1.54) is 0 Å². The van der Waals surface area contributed by atoms with Crippen LogP contribution in [0.3, 0.4) is 0 Å². The van der Waals surface area contributed by atoms with Crippen LogP contribution in [0.2, 0.25) is 0 Å². The average Bonchev–Trinajstić information content (AvgIpc) is 2.77. The molecule has 0 aromatic carbocycles. The fourth-order valence-corrected chi connectivity index (χ4v) is 2.32. The lowest BCUT2D eigenvalue weighted by atomic mass is 10.0. The number of likely N-dealkylation sites (tertiary alicyclic amines) is 1. The zero-order chi connectivity index (χ0) is 10.9. The molecule has 3 N–H and O–H groups in total. The summed E-state index contributed by atoms with van der Waals surface area (Å²) in [6, 6.07) is 0. The Kier molecular flexibility index (Phi) is 2.95. The molecule has 2 unspecified atom stereocenters. The number of carbonyl (C=O) groups is 1. The average molecular weight is 214 g/mol. The lowest BCUT2D eigenvalue weighted by molar-refractivity contribution is -0.142. The van der Waals surface area contributed by atoms with Gasteiger partial charge in [-0.3, -0.25) is 9.69 Å². The Morgan fingerprint density at radius 3 is 3.00 bits per heavy atom. The molecule has 0 radical (unpaired) electrons. The first-order chi connectivity index (χ1) is 7.10. The van der Waals surface area contributed by atoms with Crippen molar-refractivity contribution in [3.8, 4) is 0 Å². The van der Waals surface area contributed by atoms with Gasteiger partial charge in [0.2, 0.25) is 0 Å². The fourth-order valence-electron chi connectivity index (χ4n) is 2.32. The highest BCUT2D eigenvalue weighted by Gasteiger charge is 2.41. The maximum atomic E-state index is 10.9. The minimum atomic E-state index is -1.04. The number of carboxylic acids is 1. The monoisotopic (exact) mass is 214 g/mol. The predicted octanol–water partition coefficient (Wildman–Crippen LogP) is -0.347. The smallest absolute Gasteiger partial charge is 0.325 e. The number of nitrogens with zero attached hydrogens (tertiary/aromatic N) is 1. The Balaban J connectivity index is 1.84. The first-order valence-electron chi connectivity index (χ1n) is 5.46. The first-order valence-corrected chi connectivity index (χ1v) is 5.46. The van der Waals surface area contributed by atoms with Crippen LogP contribution in [0.5, 0.6) is 0 Å².